The first-order valence-electron chi connectivity index (χ1n) is 7.38. The molecule has 0 aromatic rings. The SMILES string of the molecule is CCC(C(=O)O)[C]12[CH]3[CH]4[CH]5[CH]1[Fe]45321678[CH]2[CH]1[CH]6[CH]7[CH]28. The van der Waals surface area contributed by atoms with E-state index in [9.17, 15) is 9.90 Å². The molecule has 0 aromatic heterocycles. The van der Waals surface area contributed by atoms with Crippen LogP contribution in [0.3, 0.4) is 0 Å². The average molecular weight is 272 g/mol. The van der Waals surface area contributed by atoms with Gasteiger partial charge in [0.1, 0.15) is 0 Å². The average Bonchev–Trinajstić information content (AvgIpc) is 3.24. The van der Waals surface area contributed by atoms with Crippen molar-refractivity contribution in [1.29, 1.82) is 0 Å². The summed E-state index contributed by atoms with van der Waals surface area (Å²) >= 11 is 0. The Kier molecular flexibility index (Phi) is 0.188. The molecule has 92 valence electrons. The summed E-state index contributed by atoms with van der Waals surface area (Å²) in [7, 11) is 0. The Labute approximate surface area is 89.4 Å². The van der Waals surface area contributed by atoms with Gasteiger partial charge in [0.15, 0.2) is 0 Å². The third-order valence-electron chi connectivity index (χ3n) is 16.0. The maximum absolute atomic E-state index is 11.8. The Hall–Kier alpha value is -0.0105. The summed E-state index contributed by atoms with van der Waals surface area (Å²) in [6, 6.07) is 0. The molecule has 10 aliphatic rings. The number of hydrogen-bond acceptors (Lipinski definition) is 1. The molecule has 3 heteroatoms. The molecule has 0 aromatic carbocycles. The number of rotatable bonds is 3. The third-order valence-corrected chi connectivity index (χ3v) is 58.7. The van der Waals surface area contributed by atoms with Crippen LogP contribution < -0.4 is 0 Å². The molecule has 10 rings (SSSR count). The predicted molar refractivity (Wildman–Crippen MR) is 57.9 cm³/mol. The van der Waals surface area contributed by atoms with Crippen LogP contribution in [0.15, 0.2) is 0 Å². The van der Waals surface area contributed by atoms with Gasteiger partial charge < -0.3 is 0 Å². The molecule has 1 N–H and O–H groups in total. The normalized spacial score (nSPS) is 121. The van der Waals surface area contributed by atoms with Crippen LogP contribution in [0, 0.1) is 5.92 Å². The predicted octanol–water partition coefficient (Wildman–Crippen LogP) is 3.86. The van der Waals surface area contributed by atoms with E-state index >= 15 is 0 Å². The van der Waals surface area contributed by atoms with E-state index in [2.05, 4.69) is 6.92 Å². The first-order valence-corrected chi connectivity index (χ1v) is 13.7. The fraction of sp³-hybridized carbons (Fsp3) is 0.929. The van der Waals surface area contributed by atoms with Crippen LogP contribution >= 0.6 is 0 Å². The van der Waals surface area contributed by atoms with Crippen molar-refractivity contribution in [2.75, 3.05) is 0 Å². The van der Waals surface area contributed by atoms with Gasteiger partial charge in [0, 0.05) is 0 Å². The molecule has 10 heterocycles. The van der Waals surface area contributed by atoms with E-state index in [0.29, 0.717) is 4.31 Å². The topological polar surface area (TPSA) is 37.3 Å². The van der Waals surface area contributed by atoms with Crippen LogP contribution in [-0.2, 0) is 11.3 Å². The number of aliphatic carboxylic acids is 1. The second kappa shape index (κ2) is 0.497. The van der Waals surface area contributed by atoms with Crippen molar-refractivity contribution in [3.63, 3.8) is 0 Å². The monoisotopic (exact) mass is 272 g/mol. The molecule has 5 atom stereocenters. The molecule has 17 heavy (non-hydrogen) atoms. The van der Waals surface area contributed by atoms with Crippen LogP contribution in [0.5, 0.6) is 0 Å². The Bertz CT molecular complexity index is 911. The maximum atomic E-state index is 11.8. The van der Waals surface area contributed by atoms with Gasteiger partial charge in [-0.2, -0.15) is 0 Å². The zero-order valence-electron chi connectivity index (χ0n) is 9.69. The summed E-state index contributed by atoms with van der Waals surface area (Å²) in [5.41, 5.74) is 0. The van der Waals surface area contributed by atoms with Gasteiger partial charge in [-0.05, 0) is 0 Å². The summed E-state index contributed by atoms with van der Waals surface area (Å²) in [6.45, 7) is -0.944. The molecule has 5 unspecified atom stereocenters. The van der Waals surface area contributed by atoms with Gasteiger partial charge in [0.2, 0.25) is 0 Å². The summed E-state index contributed by atoms with van der Waals surface area (Å²) < 4.78 is 0.583. The van der Waals surface area contributed by atoms with E-state index in [4.69, 9.17) is 0 Å². The van der Waals surface area contributed by atoms with Gasteiger partial charge in [0.25, 0.3) is 0 Å². The molecule has 10 fully saturated rings. The number of carboxylic acids is 1. The second-order valence-corrected chi connectivity index (χ2v) is 34.6. The molecule has 0 bridgehead atoms. The Morgan fingerprint density at radius 1 is 1.12 bits per heavy atom. The van der Waals surface area contributed by atoms with E-state index in [1.807, 2.05) is 0 Å². The quantitative estimate of drug-likeness (QED) is 0.792. The molecule has 10 aliphatic heterocycles. The van der Waals surface area contributed by atoms with Crippen LogP contribution in [0.2, 0.25) is 47.7 Å². The van der Waals surface area contributed by atoms with E-state index in [-0.39, 0.29) is 5.92 Å². The van der Waals surface area contributed by atoms with Gasteiger partial charge in [-0.15, -0.1) is 0 Å². The molecule has 0 amide bonds. The standard InChI is InChI=1S/C9H11O2.C5H5.Fe/c1-2-8(9(10)11)7-5-3-4-6-7;1-2-4-5-3-1;/h3-6,8H,2H2,1H3,(H,10,11);1-5H;. The van der Waals surface area contributed by atoms with Crippen LogP contribution in [0.4, 0.5) is 0 Å². The molecular formula is C14H16FeO2. The zero-order valence-corrected chi connectivity index (χ0v) is 10.8. The Morgan fingerprint density at radius 3 is 1.76 bits per heavy atom. The molecule has 0 radical (unpaired) electrons. The van der Waals surface area contributed by atoms with E-state index in [0.717, 1.165) is 16.1 Å². The van der Waals surface area contributed by atoms with Crippen LogP contribution in [0.1, 0.15) is 13.3 Å². The Balaban J connectivity index is 1.61. The van der Waals surface area contributed by atoms with Crippen molar-refractivity contribution >= 4 is 5.97 Å². The summed E-state index contributed by atoms with van der Waals surface area (Å²) in [6.07, 6.45) is 0.943. The van der Waals surface area contributed by atoms with Gasteiger partial charge >= 0.3 is 89.3 Å². The van der Waals surface area contributed by atoms with Crippen molar-refractivity contribution in [1.82, 2.24) is 0 Å². The minimum atomic E-state index is -3.10. The van der Waals surface area contributed by atoms with Gasteiger partial charge in [-0.3, -0.25) is 0 Å². The van der Waals surface area contributed by atoms with E-state index < -0.39 is 12.5 Å². The van der Waals surface area contributed by atoms with E-state index in [1.54, 1.807) is 0 Å². The number of fused-ring (bicyclic) bond motifs is 10. The zero-order chi connectivity index (χ0) is 10.9. The molecule has 2 nitrogen and oxygen atoms in total. The number of carbonyl (C=O) groups is 1. The van der Waals surface area contributed by atoms with E-state index in [1.165, 1.54) is 33.7 Å². The summed E-state index contributed by atoms with van der Waals surface area (Å²) in [4.78, 5) is 23.0. The van der Waals surface area contributed by atoms with Crippen molar-refractivity contribution in [2.24, 2.45) is 5.92 Å². The molecule has 10 saturated heterocycles. The van der Waals surface area contributed by atoms with Crippen molar-refractivity contribution in [2.45, 2.75) is 61.0 Å². The fourth-order valence-electron chi connectivity index (χ4n) is 18.0. The summed E-state index contributed by atoms with van der Waals surface area (Å²) in [5.74, 6) is -0.281. The Morgan fingerprint density at radius 2 is 1.59 bits per heavy atom. The second-order valence-electron chi connectivity index (χ2n) is 11.0. The van der Waals surface area contributed by atoms with Crippen molar-refractivity contribution < 1.29 is 16.4 Å². The number of hydrogen-bond donors (Lipinski definition) is 1. The third kappa shape index (κ3) is 0.0618. The molecule has 1 spiro atoms. The van der Waals surface area contributed by atoms with Gasteiger partial charge in [-0.1, -0.05) is 0 Å². The van der Waals surface area contributed by atoms with Crippen molar-refractivity contribution in [3.05, 3.63) is 0 Å². The van der Waals surface area contributed by atoms with Crippen LogP contribution in [0.25, 0.3) is 0 Å². The summed E-state index contributed by atoms with van der Waals surface area (Å²) in [5, 5.41) is 9.74. The van der Waals surface area contributed by atoms with Crippen LogP contribution in [-0.4, -0.2) is 11.1 Å². The first kappa shape index (κ1) is 6.43. The molecule has 0 saturated carbocycles. The number of carboxylic acid groups (broad SMARTS) is 1. The molecular weight excluding hydrogens is 256 g/mol. The first-order chi connectivity index (χ1) is 7.94. The van der Waals surface area contributed by atoms with Gasteiger partial charge in [0.05, 0.1) is 0 Å². The fourth-order valence-corrected chi connectivity index (χ4v) is 93.4. The minimum absolute atomic E-state index is 0.122. The van der Waals surface area contributed by atoms with Gasteiger partial charge in [-0.25, -0.2) is 0 Å². The molecule has 0 aliphatic carbocycles. The van der Waals surface area contributed by atoms with Crippen molar-refractivity contribution in [3.8, 4) is 0 Å².